The van der Waals surface area contributed by atoms with Gasteiger partial charge in [0.05, 0.1) is 17.6 Å². The molecule has 3 aromatic rings. The maximum Gasteiger partial charge on any atom is 0.335 e. The number of aromatic nitrogens is 2. The van der Waals surface area contributed by atoms with Gasteiger partial charge < -0.3 is 5.11 Å². The number of benzene rings is 2. The summed E-state index contributed by atoms with van der Waals surface area (Å²) in [5.41, 5.74) is 3.49. The molecule has 0 fully saturated rings. The summed E-state index contributed by atoms with van der Waals surface area (Å²) in [4.78, 5) is 10.9. The summed E-state index contributed by atoms with van der Waals surface area (Å²) in [5, 5.41) is 14.3. The Morgan fingerprint density at radius 1 is 1.20 bits per heavy atom. The fraction of sp³-hybridized carbons (Fsp3) is 0.125. The van der Waals surface area contributed by atoms with E-state index < -0.39 is 5.97 Å². The molecule has 0 aliphatic heterocycles. The first-order valence-corrected chi connectivity index (χ1v) is 6.38. The predicted molar refractivity (Wildman–Crippen MR) is 77.0 cm³/mol. The van der Waals surface area contributed by atoms with E-state index in [0.717, 1.165) is 10.9 Å². The molecule has 4 heteroatoms. The van der Waals surface area contributed by atoms with Crippen molar-refractivity contribution >= 4 is 16.9 Å². The Morgan fingerprint density at radius 3 is 2.65 bits per heavy atom. The summed E-state index contributed by atoms with van der Waals surface area (Å²) < 4.78 is 1.83. The second-order valence-electron chi connectivity index (χ2n) is 4.89. The van der Waals surface area contributed by atoms with Crippen LogP contribution in [0.25, 0.3) is 10.9 Å². The summed E-state index contributed by atoms with van der Waals surface area (Å²) in [6, 6.07) is 13.3. The lowest BCUT2D eigenvalue weighted by Crippen LogP contribution is -1.99. The Bertz CT molecular complexity index is 773. The number of rotatable bonds is 3. The first-order valence-electron chi connectivity index (χ1n) is 6.38. The van der Waals surface area contributed by atoms with Gasteiger partial charge in [-0.15, -0.1) is 0 Å². The summed E-state index contributed by atoms with van der Waals surface area (Å²) in [7, 11) is 0. The molecule has 0 bridgehead atoms. The van der Waals surface area contributed by atoms with E-state index in [1.54, 1.807) is 18.2 Å². The van der Waals surface area contributed by atoms with Crippen LogP contribution in [-0.2, 0) is 6.54 Å². The number of fused-ring (bicyclic) bond motifs is 1. The highest BCUT2D eigenvalue weighted by atomic mass is 16.4. The number of carbonyl (C=O) groups is 1. The average Bonchev–Trinajstić information content (AvgIpc) is 2.82. The van der Waals surface area contributed by atoms with Gasteiger partial charge in [0, 0.05) is 11.6 Å². The Kier molecular flexibility index (Phi) is 2.99. The van der Waals surface area contributed by atoms with Crippen molar-refractivity contribution in [3.05, 3.63) is 65.4 Å². The Hall–Kier alpha value is -2.62. The molecule has 0 saturated carbocycles. The third kappa shape index (κ3) is 2.40. The number of hydrogen-bond donors (Lipinski definition) is 1. The summed E-state index contributed by atoms with van der Waals surface area (Å²) in [5.74, 6) is -0.918. The van der Waals surface area contributed by atoms with Crippen LogP contribution in [-0.4, -0.2) is 20.9 Å². The fourth-order valence-corrected chi connectivity index (χ4v) is 2.17. The molecular weight excluding hydrogens is 252 g/mol. The lowest BCUT2D eigenvalue weighted by molar-refractivity contribution is 0.0697. The van der Waals surface area contributed by atoms with Crippen LogP contribution in [0.1, 0.15) is 21.5 Å². The fourth-order valence-electron chi connectivity index (χ4n) is 2.17. The minimum Gasteiger partial charge on any atom is -0.478 e. The molecular formula is C16H14N2O2. The van der Waals surface area contributed by atoms with Crippen LogP contribution in [0.3, 0.4) is 0 Å². The molecule has 0 unspecified atom stereocenters. The molecule has 1 aromatic heterocycles. The maximum absolute atomic E-state index is 10.9. The summed E-state index contributed by atoms with van der Waals surface area (Å²) >= 11 is 0. The quantitative estimate of drug-likeness (QED) is 0.792. The van der Waals surface area contributed by atoms with Crippen LogP contribution >= 0.6 is 0 Å². The van der Waals surface area contributed by atoms with E-state index in [0.29, 0.717) is 6.54 Å². The first-order chi connectivity index (χ1) is 9.61. The molecule has 0 atom stereocenters. The van der Waals surface area contributed by atoms with Crippen LogP contribution in [0, 0.1) is 6.92 Å². The van der Waals surface area contributed by atoms with Crippen LogP contribution < -0.4 is 0 Å². The standard InChI is InChI=1S/C16H14N2O2/c1-11-2-4-12(5-3-11)9-18-10-14-8-13(16(19)20)6-7-15(14)17-18/h2-8,10H,9H2,1H3,(H,19,20). The smallest absolute Gasteiger partial charge is 0.335 e. The van der Waals surface area contributed by atoms with Crippen LogP contribution in [0.5, 0.6) is 0 Å². The van der Waals surface area contributed by atoms with Gasteiger partial charge in [0.2, 0.25) is 0 Å². The molecule has 100 valence electrons. The molecule has 3 rings (SSSR count). The van der Waals surface area contributed by atoms with E-state index in [2.05, 4.69) is 36.3 Å². The molecule has 1 N–H and O–H groups in total. The van der Waals surface area contributed by atoms with Crippen molar-refractivity contribution in [1.82, 2.24) is 9.78 Å². The third-order valence-corrected chi connectivity index (χ3v) is 3.26. The second kappa shape index (κ2) is 4.81. The molecule has 0 saturated heterocycles. The molecule has 2 aromatic carbocycles. The molecule has 20 heavy (non-hydrogen) atoms. The van der Waals surface area contributed by atoms with Crippen molar-refractivity contribution < 1.29 is 9.90 Å². The average molecular weight is 266 g/mol. The molecule has 0 aliphatic rings. The van der Waals surface area contributed by atoms with E-state index in [9.17, 15) is 4.79 Å². The van der Waals surface area contributed by atoms with Gasteiger partial charge in [0.25, 0.3) is 0 Å². The van der Waals surface area contributed by atoms with Gasteiger partial charge in [0.15, 0.2) is 0 Å². The van der Waals surface area contributed by atoms with Gasteiger partial charge in [-0.05, 0) is 30.7 Å². The number of aryl methyl sites for hydroxylation is 1. The largest absolute Gasteiger partial charge is 0.478 e. The molecule has 0 aliphatic carbocycles. The highest BCUT2D eigenvalue weighted by Crippen LogP contribution is 2.15. The Morgan fingerprint density at radius 2 is 1.95 bits per heavy atom. The normalized spacial score (nSPS) is 10.8. The van der Waals surface area contributed by atoms with Gasteiger partial charge in [-0.2, -0.15) is 5.10 Å². The third-order valence-electron chi connectivity index (χ3n) is 3.26. The van der Waals surface area contributed by atoms with E-state index in [4.69, 9.17) is 5.11 Å². The van der Waals surface area contributed by atoms with Crippen molar-refractivity contribution in [3.63, 3.8) is 0 Å². The molecule has 0 spiro atoms. The zero-order valence-electron chi connectivity index (χ0n) is 11.1. The molecule has 4 nitrogen and oxygen atoms in total. The maximum atomic E-state index is 10.9. The van der Waals surface area contributed by atoms with Crippen LogP contribution in [0.4, 0.5) is 0 Å². The Balaban J connectivity index is 1.92. The number of carboxylic acids is 1. The number of aromatic carboxylic acids is 1. The molecule has 0 radical (unpaired) electrons. The molecule has 1 heterocycles. The first kappa shape index (κ1) is 12.4. The lowest BCUT2D eigenvalue weighted by Gasteiger charge is -2.01. The van der Waals surface area contributed by atoms with E-state index in [1.807, 2.05) is 10.9 Å². The van der Waals surface area contributed by atoms with Crippen LogP contribution in [0.2, 0.25) is 0 Å². The van der Waals surface area contributed by atoms with Crippen molar-refractivity contribution in [1.29, 1.82) is 0 Å². The zero-order chi connectivity index (χ0) is 14.1. The van der Waals surface area contributed by atoms with Gasteiger partial charge >= 0.3 is 5.97 Å². The monoisotopic (exact) mass is 266 g/mol. The highest BCUT2D eigenvalue weighted by molar-refractivity contribution is 5.93. The Labute approximate surface area is 116 Å². The van der Waals surface area contributed by atoms with Gasteiger partial charge in [-0.25, -0.2) is 4.79 Å². The van der Waals surface area contributed by atoms with Crippen molar-refractivity contribution in [2.75, 3.05) is 0 Å². The van der Waals surface area contributed by atoms with Crippen molar-refractivity contribution in [2.24, 2.45) is 0 Å². The summed E-state index contributed by atoms with van der Waals surface area (Å²) in [6.07, 6.45) is 1.88. The van der Waals surface area contributed by atoms with Gasteiger partial charge in [-0.1, -0.05) is 29.8 Å². The number of hydrogen-bond acceptors (Lipinski definition) is 2. The van der Waals surface area contributed by atoms with Crippen LogP contribution in [0.15, 0.2) is 48.7 Å². The minimum atomic E-state index is -0.918. The predicted octanol–water partition coefficient (Wildman–Crippen LogP) is 3.09. The minimum absolute atomic E-state index is 0.285. The van der Waals surface area contributed by atoms with E-state index in [1.165, 1.54) is 11.1 Å². The van der Waals surface area contributed by atoms with E-state index >= 15 is 0 Å². The van der Waals surface area contributed by atoms with E-state index in [-0.39, 0.29) is 5.56 Å². The van der Waals surface area contributed by atoms with Gasteiger partial charge in [0.1, 0.15) is 0 Å². The summed E-state index contributed by atoms with van der Waals surface area (Å²) in [6.45, 7) is 2.73. The van der Waals surface area contributed by atoms with Crippen molar-refractivity contribution in [2.45, 2.75) is 13.5 Å². The number of nitrogens with zero attached hydrogens (tertiary/aromatic N) is 2. The molecule has 0 amide bonds. The topological polar surface area (TPSA) is 55.1 Å². The second-order valence-corrected chi connectivity index (χ2v) is 4.89. The van der Waals surface area contributed by atoms with Gasteiger partial charge in [-0.3, -0.25) is 4.68 Å². The zero-order valence-corrected chi connectivity index (χ0v) is 11.1. The lowest BCUT2D eigenvalue weighted by atomic mass is 10.1. The number of carboxylic acid groups (broad SMARTS) is 1. The SMILES string of the molecule is Cc1ccc(Cn2cc3cc(C(=O)O)ccc3n2)cc1. The highest BCUT2D eigenvalue weighted by Gasteiger charge is 2.06. The van der Waals surface area contributed by atoms with Crippen molar-refractivity contribution in [3.8, 4) is 0 Å².